The Labute approximate surface area is 76.0 Å². The molecule has 1 rings (SSSR count). The van der Waals surface area contributed by atoms with Crippen LogP contribution in [0.3, 0.4) is 0 Å². The highest BCUT2D eigenvalue weighted by Crippen LogP contribution is 2.21. The van der Waals surface area contributed by atoms with Gasteiger partial charge in [-0.2, -0.15) is 0 Å². The zero-order valence-corrected chi connectivity index (χ0v) is 7.38. The van der Waals surface area contributed by atoms with Crippen LogP contribution in [0.1, 0.15) is 18.9 Å². The molecule has 0 aliphatic heterocycles. The Morgan fingerprint density at radius 2 is 2.23 bits per heavy atom. The smallest absolute Gasteiger partial charge is 0.165 e. The van der Waals surface area contributed by atoms with Crippen LogP contribution in [0, 0.1) is 5.82 Å². The maximum absolute atomic E-state index is 12.8. The first-order valence-corrected chi connectivity index (χ1v) is 4.13. The SMILES string of the molecule is CCC(=O)Cc1cccc(F)c1O. The largest absolute Gasteiger partial charge is 0.505 e. The van der Waals surface area contributed by atoms with Crippen LogP contribution in [0.25, 0.3) is 0 Å². The van der Waals surface area contributed by atoms with Crippen LogP contribution in [-0.4, -0.2) is 10.9 Å². The zero-order chi connectivity index (χ0) is 9.84. The minimum Gasteiger partial charge on any atom is -0.505 e. The zero-order valence-electron chi connectivity index (χ0n) is 7.38. The fourth-order valence-electron chi connectivity index (χ4n) is 1.04. The summed E-state index contributed by atoms with van der Waals surface area (Å²) in [7, 11) is 0. The number of rotatable bonds is 3. The minimum absolute atomic E-state index is 0.0131. The lowest BCUT2D eigenvalue weighted by molar-refractivity contribution is -0.118. The molecule has 0 radical (unpaired) electrons. The topological polar surface area (TPSA) is 37.3 Å². The van der Waals surface area contributed by atoms with Crippen molar-refractivity contribution in [1.29, 1.82) is 0 Å². The van der Waals surface area contributed by atoms with Gasteiger partial charge in [-0.25, -0.2) is 4.39 Å². The van der Waals surface area contributed by atoms with Crippen molar-refractivity contribution in [3.63, 3.8) is 0 Å². The van der Waals surface area contributed by atoms with Gasteiger partial charge in [0.15, 0.2) is 11.6 Å². The second kappa shape index (κ2) is 4.03. The van der Waals surface area contributed by atoms with Crippen molar-refractivity contribution in [2.45, 2.75) is 19.8 Å². The first-order valence-electron chi connectivity index (χ1n) is 4.13. The average molecular weight is 182 g/mol. The third-order valence-electron chi connectivity index (χ3n) is 1.85. The Balaban J connectivity index is 2.89. The second-order valence-corrected chi connectivity index (χ2v) is 2.82. The van der Waals surface area contributed by atoms with Gasteiger partial charge in [0.05, 0.1) is 0 Å². The molecule has 1 N–H and O–H groups in total. The summed E-state index contributed by atoms with van der Waals surface area (Å²) in [6, 6.07) is 4.19. The van der Waals surface area contributed by atoms with Crippen LogP contribution in [-0.2, 0) is 11.2 Å². The predicted molar refractivity (Wildman–Crippen MR) is 47.1 cm³/mol. The van der Waals surface area contributed by atoms with Gasteiger partial charge in [-0.1, -0.05) is 19.1 Å². The molecule has 0 atom stereocenters. The highest BCUT2D eigenvalue weighted by atomic mass is 19.1. The summed E-state index contributed by atoms with van der Waals surface area (Å²) in [6.07, 6.45) is 0.496. The summed E-state index contributed by atoms with van der Waals surface area (Å²) in [5, 5.41) is 9.21. The van der Waals surface area contributed by atoms with E-state index < -0.39 is 11.6 Å². The summed E-state index contributed by atoms with van der Waals surface area (Å²) >= 11 is 0. The van der Waals surface area contributed by atoms with Crippen LogP contribution in [0.2, 0.25) is 0 Å². The maximum atomic E-state index is 12.8. The van der Waals surface area contributed by atoms with Crippen molar-refractivity contribution in [3.05, 3.63) is 29.6 Å². The number of aromatic hydroxyl groups is 1. The fourth-order valence-corrected chi connectivity index (χ4v) is 1.04. The number of para-hydroxylation sites is 1. The van der Waals surface area contributed by atoms with E-state index >= 15 is 0 Å². The molecular formula is C10H11FO2. The molecule has 13 heavy (non-hydrogen) atoms. The molecular weight excluding hydrogens is 171 g/mol. The monoisotopic (exact) mass is 182 g/mol. The van der Waals surface area contributed by atoms with Gasteiger partial charge in [-0.05, 0) is 6.07 Å². The molecule has 1 aromatic rings. The van der Waals surface area contributed by atoms with Crippen LogP contribution >= 0.6 is 0 Å². The molecule has 70 valence electrons. The third-order valence-corrected chi connectivity index (χ3v) is 1.85. The van der Waals surface area contributed by atoms with Gasteiger partial charge < -0.3 is 5.11 Å². The fraction of sp³-hybridized carbons (Fsp3) is 0.300. The quantitative estimate of drug-likeness (QED) is 0.776. The summed E-state index contributed by atoms with van der Waals surface area (Å²) in [6.45, 7) is 1.73. The number of ketones is 1. The number of carbonyl (C=O) groups excluding carboxylic acids is 1. The Bertz CT molecular complexity index is 321. The predicted octanol–water partition coefficient (Wildman–Crippen LogP) is 2.05. The first kappa shape index (κ1) is 9.71. The summed E-state index contributed by atoms with van der Waals surface area (Å²) in [4.78, 5) is 11.0. The van der Waals surface area contributed by atoms with Crippen molar-refractivity contribution in [1.82, 2.24) is 0 Å². The van der Waals surface area contributed by atoms with Gasteiger partial charge in [-0.3, -0.25) is 4.79 Å². The number of phenolic OH excluding ortho intramolecular Hbond substituents is 1. The lowest BCUT2D eigenvalue weighted by Crippen LogP contribution is -2.00. The molecule has 0 bridgehead atoms. The van der Waals surface area contributed by atoms with Crippen molar-refractivity contribution < 1.29 is 14.3 Å². The molecule has 0 aromatic heterocycles. The standard InChI is InChI=1S/C10H11FO2/c1-2-8(12)6-7-4-3-5-9(11)10(7)13/h3-5,13H,2,6H2,1H3. The highest BCUT2D eigenvalue weighted by Gasteiger charge is 2.08. The number of Topliss-reactive ketones (excluding diaryl/α,β-unsaturated/α-hetero) is 1. The molecule has 1 aromatic carbocycles. The molecule has 3 heteroatoms. The van der Waals surface area contributed by atoms with Crippen LogP contribution < -0.4 is 0 Å². The van der Waals surface area contributed by atoms with Crippen LogP contribution in [0.4, 0.5) is 4.39 Å². The maximum Gasteiger partial charge on any atom is 0.165 e. The van der Waals surface area contributed by atoms with Crippen molar-refractivity contribution in [2.24, 2.45) is 0 Å². The normalized spacial score (nSPS) is 10.0. The number of benzene rings is 1. The van der Waals surface area contributed by atoms with Gasteiger partial charge in [-0.15, -0.1) is 0 Å². The summed E-state index contributed by atoms with van der Waals surface area (Å²) < 4.78 is 12.8. The van der Waals surface area contributed by atoms with Crippen LogP contribution in [0.15, 0.2) is 18.2 Å². The molecule has 0 heterocycles. The van der Waals surface area contributed by atoms with E-state index in [1.807, 2.05) is 0 Å². The second-order valence-electron chi connectivity index (χ2n) is 2.82. The molecule has 0 saturated carbocycles. The van der Waals surface area contributed by atoms with E-state index in [9.17, 15) is 14.3 Å². The number of carbonyl (C=O) groups is 1. The van der Waals surface area contributed by atoms with Gasteiger partial charge in [0.1, 0.15) is 5.78 Å². The number of halogens is 1. The van der Waals surface area contributed by atoms with E-state index in [2.05, 4.69) is 0 Å². The molecule has 2 nitrogen and oxygen atoms in total. The van der Waals surface area contributed by atoms with Gasteiger partial charge in [0.25, 0.3) is 0 Å². The lowest BCUT2D eigenvalue weighted by atomic mass is 10.1. The molecule has 0 aliphatic rings. The molecule has 0 unspecified atom stereocenters. The van der Waals surface area contributed by atoms with Crippen molar-refractivity contribution in [3.8, 4) is 5.75 Å². The minimum atomic E-state index is -0.679. The van der Waals surface area contributed by atoms with E-state index in [0.717, 1.165) is 6.07 Å². The Kier molecular flexibility index (Phi) is 3.01. The van der Waals surface area contributed by atoms with E-state index in [-0.39, 0.29) is 12.2 Å². The first-order chi connectivity index (χ1) is 6.15. The highest BCUT2D eigenvalue weighted by molar-refractivity contribution is 5.81. The van der Waals surface area contributed by atoms with Crippen molar-refractivity contribution in [2.75, 3.05) is 0 Å². The van der Waals surface area contributed by atoms with E-state index in [0.29, 0.717) is 12.0 Å². The molecule has 0 fully saturated rings. The van der Waals surface area contributed by atoms with Gasteiger partial charge >= 0.3 is 0 Å². The molecule has 0 spiro atoms. The third kappa shape index (κ3) is 2.28. The number of hydrogen-bond acceptors (Lipinski definition) is 2. The molecule has 0 amide bonds. The summed E-state index contributed by atoms with van der Waals surface area (Å²) in [5.74, 6) is -1.10. The van der Waals surface area contributed by atoms with Gasteiger partial charge in [0.2, 0.25) is 0 Å². The van der Waals surface area contributed by atoms with E-state index in [1.54, 1.807) is 13.0 Å². The van der Waals surface area contributed by atoms with E-state index in [1.165, 1.54) is 6.07 Å². The number of hydrogen-bond donors (Lipinski definition) is 1. The summed E-state index contributed by atoms with van der Waals surface area (Å²) in [5.41, 5.74) is 0.354. The Morgan fingerprint density at radius 1 is 1.54 bits per heavy atom. The van der Waals surface area contributed by atoms with Gasteiger partial charge in [0, 0.05) is 18.4 Å². The molecule has 0 saturated heterocycles. The van der Waals surface area contributed by atoms with Crippen LogP contribution in [0.5, 0.6) is 5.75 Å². The van der Waals surface area contributed by atoms with E-state index in [4.69, 9.17) is 0 Å². The Morgan fingerprint density at radius 3 is 2.85 bits per heavy atom. The lowest BCUT2D eigenvalue weighted by Gasteiger charge is -2.02. The van der Waals surface area contributed by atoms with Crippen molar-refractivity contribution >= 4 is 5.78 Å². The number of phenols is 1. The molecule has 0 aliphatic carbocycles. The Hall–Kier alpha value is -1.38. The average Bonchev–Trinajstić information content (AvgIpc) is 2.13.